The topological polar surface area (TPSA) is 71.2 Å². The van der Waals surface area contributed by atoms with Crippen molar-refractivity contribution in [2.24, 2.45) is 0 Å². The van der Waals surface area contributed by atoms with Gasteiger partial charge in [0.2, 0.25) is 5.95 Å². The average Bonchev–Trinajstić information content (AvgIpc) is 3.06. The van der Waals surface area contributed by atoms with Crippen molar-refractivity contribution >= 4 is 33.8 Å². The molecular formula is C20H20N6O. The lowest BCUT2D eigenvalue weighted by Crippen LogP contribution is -2.47. The van der Waals surface area contributed by atoms with E-state index in [9.17, 15) is 0 Å². The zero-order chi connectivity index (χ0) is 18.4. The predicted octanol–water partition coefficient (Wildman–Crippen LogP) is 3.11. The number of hydrogen-bond donors (Lipinski definition) is 0. The first-order valence-electron chi connectivity index (χ1n) is 9.14. The highest BCUT2D eigenvalue weighted by atomic mass is 16.3. The molecule has 1 fully saturated rings. The number of aryl methyl sites for hydroxylation is 2. The molecule has 7 nitrogen and oxygen atoms in total. The molecule has 3 aromatic heterocycles. The number of fused-ring (bicyclic) bond motifs is 3. The smallest absolute Gasteiger partial charge is 0.225 e. The molecule has 7 heteroatoms. The molecule has 4 heterocycles. The minimum atomic E-state index is 0.758. The number of nitrogens with zero attached hydrogens (tertiary/aromatic N) is 6. The van der Waals surface area contributed by atoms with Gasteiger partial charge < -0.3 is 14.2 Å². The fourth-order valence-corrected chi connectivity index (χ4v) is 3.61. The van der Waals surface area contributed by atoms with Crippen molar-refractivity contribution in [3.63, 3.8) is 0 Å². The Morgan fingerprint density at radius 1 is 0.889 bits per heavy atom. The number of anilines is 2. The second kappa shape index (κ2) is 6.19. The summed E-state index contributed by atoms with van der Waals surface area (Å²) in [5.74, 6) is 2.43. The molecule has 27 heavy (non-hydrogen) atoms. The standard InChI is InChI=1S/C20H20N6O/c1-13-7-8-21-20(22-13)26-11-9-25(10-12-26)19-18-17(23-14(2)24-19)15-5-3-4-6-16(15)27-18/h3-8H,9-12H2,1-2H3. The molecule has 1 aliphatic rings. The van der Waals surface area contributed by atoms with Crippen LogP contribution < -0.4 is 9.80 Å². The van der Waals surface area contributed by atoms with Crippen molar-refractivity contribution in [1.29, 1.82) is 0 Å². The third-order valence-corrected chi connectivity index (χ3v) is 4.96. The summed E-state index contributed by atoms with van der Waals surface area (Å²) in [6, 6.07) is 9.93. The van der Waals surface area contributed by atoms with Gasteiger partial charge in [-0.05, 0) is 32.0 Å². The second-order valence-corrected chi connectivity index (χ2v) is 6.84. The van der Waals surface area contributed by atoms with Gasteiger partial charge in [0.25, 0.3) is 0 Å². The van der Waals surface area contributed by atoms with E-state index >= 15 is 0 Å². The second-order valence-electron chi connectivity index (χ2n) is 6.84. The highest BCUT2D eigenvalue weighted by molar-refractivity contribution is 6.05. The van der Waals surface area contributed by atoms with Gasteiger partial charge >= 0.3 is 0 Å². The van der Waals surface area contributed by atoms with E-state index in [0.717, 1.165) is 71.5 Å². The van der Waals surface area contributed by atoms with Crippen LogP contribution in [0.2, 0.25) is 0 Å². The van der Waals surface area contributed by atoms with Crippen molar-refractivity contribution in [2.75, 3.05) is 36.0 Å². The molecule has 0 radical (unpaired) electrons. The quantitative estimate of drug-likeness (QED) is 0.544. The van der Waals surface area contributed by atoms with Crippen molar-refractivity contribution in [1.82, 2.24) is 19.9 Å². The first kappa shape index (κ1) is 16.0. The van der Waals surface area contributed by atoms with Crippen LogP contribution in [0.15, 0.2) is 40.9 Å². The Balaban J connectivity index is 1.48. The maximum absolute atomic E-state index is 6.11. The van der Waals surface area contributed by atoms with Crippen LogP contribution in [-0.2, 0) is 0 Å². The molecule has 4 aromatic rings. The highest BCUT2D eigenvalue weighted by Crippen LogP contribution is 2.33. The SMILES string of the molecule is Cc1ccnc(N2CCN(c3nc(C)nc4c3oc3ccccc34)CC2)n1. The van der Waals surface area contributed by atoms with Crippen LogP contribution >= 0.6 is 0 Å². The Kier molecular flexibility index (Phi) is 3.67. The van der Waals surface area contributed by atoms with Gasteiger partial charge in [-0.2, -0.15) is 0 Å². The van der Waals surface area contributed by atoms with Gasteiger partial charge in [0.1, 0.15) is 16.9 Å². The zero-order valence-corrected chi connectivity index (χ0v) is 15.4. The molecule has 0 unspecified atom stereocenters. The summed E-state index contributed by atoms with van der Waals surface area (Å²) in [5.41, 5.74) is 3.48. The molecule has 1 aromatic carbocycles. The monoisotopic (exact) mass is 360 g/mol. The number of furan rings is 1. The Hall–Kier alpha value is -3.22. The van der Waals surface area contributed by atoms with E-state index in [0.29, 0.717) is 0 Å². The summed E-state index contributed by atoms with van der Waals surface area (Å²) in [6.45, 7) is 7.27. The lowest BCUT2D eigenvalue weighted by Gasteiger charge is -2.35. The first-order chi connectivity index (χ1) is 13.2. The zero-order valence-electron chi connectivity index (χ0n) is 15.4. The highest BCUT2D eigenvalue weighted by Gasteiger charge is 2.24. The Bertz CT molecular complexity index is 1130. The molecule has 0 spiro atoms. The first-order valence-corrected chi connectivity index (χ1v) is 9.14. The maximum Gasteiger partial charge on any atom is 0.225 e. The molecule has 0 N–H and O–H groups in total. The lowest BCUT2D eigenvalue weighted by atomic mass is 10.2. The van der Waals surface area contributed by atoms with E-state index in [-0.39, 0.29) is 0 Å². The van der Waals surface area contributed by atoms with E-state index in [2.05, 4.69) is 24.8 Å². The van der Waals surface area contributed by atoms with Gasteiger partial charge in [-0.1, -0.05) is 12.1 Å². The van der Waals surface area contributed by atoms with Crippen molar-refractivity contribution < 1.29 is 4.42 Å². The summed E-state index contributed by atoms with van der Waals surface area (Å²) in [5, 5.41) is 1.03. The molecule has 136 valence electrons. The molecule has 0 aliphatic carbocycles. The van der Waals surface area contributed by atoms with Crippen molar-refractivity contribution in [3.05, 3.63) is 48.0 Å². The van der Waals surface area contributed by atoms with Crippen LogP contribution in [0.5, 0.6) is 0 Å². The minimum absolute atomic E-state index is 0.758. The molecule has 0 bridgehead atoms. The maximum atomic E-state index is 6.11. The van der Waals surface area contributed by atoms with Crippen LogP contribution in [-0.4, -0.2) is 46.1 Å². The summed E-state index contributed by atoms with van der Waals surface area (Å²) in [7, 11) is 0. The molecule has 0 saturated carbocycles. The predicted molar refractivity (Wildman–Crippen MR) is 105 cm³/mol. The van der Waals surface area contributed by atoms with E-state index in [1.807, 2.05) is 50.4 Å². The number of aromatic nitrogens is 4. The summed E-state index contributed by atoms with van der Waals surface area (Å²) in [6.07, 6.45) is 1.82. The number of piperazine rings is 1. The molecule has 0 amide bonds. The fourth-order valence-electron chi connectivity index (χ4n) is 3.61. The number of benzene rings is 1. The van der Waals surface area contributed by atoms with Crippen molar-refractivity contribution in [2.45, 2.75) is 13.8 Å². The minimum Gasteiger partial charge on any atom is -0.450 e. The van der Waals surface area contributed by atoms with Crippen LogP contribution in [0.3, 0.4) is 0 Å². The summed E-state index contributed by atoms with van der Waals surface area (Å²) < 4.78 is 6.11. The lowest BCUT2D eigenvalue weighted by molar-refractivity contribution is 0.619. The van der Waals surface area contributed by atoms with Crippen LogP contribution in [0.1, 0.15) is 11.5 Å². The number of para-hydroxylation sites is 1. The van der Waals surface area contributed by atoms with Gasteiger partial charge in [-0.25, -0.2) is 19.9 Å². The van der Waals surface area contributed by atoms with Crippen LogP contribution in [0, 0.1) is 13.8 Å². The molecule has 5 rings (SSSR count). The Labute approximate surface area is 156 Å². The molecule has 1 saturated heterocycles. The van der Waals surface area contributed by atoms with Gasteiger partial charge in [0.05, 0.1) is 0 Å². The van der Waals surface area contributed by atoms with E-state index in [1.165, 1.54) is 0 Å². The van der Waals surface area contributed by atoms with E-state index < -0.39 is 0 Å². The largest absolute Gasteiger partial charge is 0.450 e. The molecule has 0 atom stereocenters. The normalized spacial score (nSPS) is 15.0. The number of hydrogen-bond acceptors (Lipinski definition) is 7. The average molecular weight is 360 g/mol. The Morgan fingerprint density at radius 3 is 2.48 bits per heavy atom. The van der Waals surface area contributed by atoms with E-state index in [1.54, 1.807) is 0 Å². The van der Waals surface area contributed by atoms with Gasteiger partial charge in [0.15, 0.2) is 11.4 Å². The molecular weight excluding hydrogens is 340 g/mol. The summed E-state index contributed by atoms with van der Waals surface area (Å²) in [4.78, 5) is 22.8. The van der Waals surface area contributed by atoms with E-state index in [4.69, 9.17) is 9.40 Å². The third-order valence-electron chi connectivity index (χ3n) is 4.96. The third kappa shape index (κ3) is 2.75. The molecule has 1 aliphatic heterocycles. The van der Waals surface area contributed by atoms with Crippen molar-refractivity contribution in [3.8, 4) is 0 Å². The van der Waals surface area contributed by atoms with Gasteiger partial charge in [0, 0.05) is 43.5 Å². The van der Waals surface area contributed by atoms with Gasteiger partial charge in [-0.3, -0.25) is 0 Å². The number of rotatable bonds is 2. The Morgan fingerprint density at radius 2 is 1.67 bits per heavy atom. The summed E-state index contributed by atoms with van der Waals surface area (Å²) >= 11 is 0. The fraction of sp³-hybridized carbons (Fsp3) is 0.300. The van der Waals surface area contributed by atoms with Crippen LogP contribution in [0.25, 0.3) is 22.1 Å². The van der Waals surface area contributed by atoms with Gasteiger partial charge in [-0.15, -0.1) is 0 Å². The van der Waals surface area contributed by atoms with Crippen LogP contribution in [0.4, 0.5) is 11.8 Å².